The highest BCUT2D eigenvalue weighted by Gasteiger charge is 2.14. The highest BCUT2D eigenvalue weighted by molar-refractivity contribution is 5.76. The molecule has 1 heterocycles. The van der Waals surface area contributed by atoms with Crippen LogP contribution >= 0.6 is 0 Å². The summed E-state index contributed by atoms with van der Waals surface area (Å²) in [5.41, 5.74) is 6.55. The molecule has 1 aliphatic rings. The lowest BCUT2D eigenvalue weighted by molar-refractivity contribution is -0.123. The maximum absolute atomic E-state index is 11.0. The van der Waals surface area contributed by atoms with E-state index in [1.807, 2.05) is 30.4 Å². The summed E-state index contributed by atoms with van der Waals surface area (Å²) in [6, 6.07) is 5.81. The highest BCUT2D eigenvalue weighted by Crippen LogP contribution is 2.25. The number of ether oxygens (including phenoxy) is 2. The van der Waals surface area contributed by atoms with Crippen LogP contribution in [-0.2, 0) is 4.79 Å². The summed E-state index contributed by atoms with van der Waals surface area (Å²) in [5, 5.41) is 0. The second-order valence-corrected chi connectivity index (χ2v) is 4.30. The first-order chi connectivity index (χ1) is 9.22. The van der Waals surface area contributed by atoms with Gasteiger partial charge < -0.3 is 9.47 Å². The summed E-state index contributed by atoms with van der Waals surface area (Å²) in [7, 11) is 3.25. The Kier molecular flexibility index (Phi) is 4.41. The van der Waals surface area contributed by atoms with E-state index in [4.69, 9.17) is 9.47 Å². The number of rotatable bonds is 4. The summed E-state index contributed by atoms with van der Waals surface area (Å²) in [5.74, 6) is 1.55. The second kappa shape index (κ2) is 6.24. The molecular weight excluding hydrogens is 244 g/mol. The van der Waals surface area contributed by atoms with Crippen molar-refractivity contribution >= 4 is 12.0 Å². The molecule has 1 fully saturated rings. The van der Waals surface area contributed by atoms with Crippen molar-refractivity contribution in [3.63, 3.8) is 0 Å². The number of hydrogen-bond acceptors (Lipinski definition) is 4. The van der Waals surface area contributed by atoms with Crippen molar-refractivity contribution in [3.8, 4) is 11.5 Å². The van der Waals surface area contributed by atoms with Crippen LogP contribution < -0.4 is 20.3 Å². The maximum Gasteiger partial charge on any atom is 0.234 e. The lowest BCUT2D eigenvalue weighted by Gasteiger charge is -2.20. The Morgan fingerprint density at radius 1 is 1.32 bits per heavy atom. The molecule has 5 heteroatoms. The van der Waals surface area contributed by atoms with E-state index >= 15 is 0 Å². The van der Waals surface area contributed by atoms with Gasteiger partial charge in [0.2, 0.25) is 5.91 Å². The van der Waals surface area contributed by atoms with Crippen LogP contribution in [-0.4, -0.2) is 26.2 Å². The highest BCUT2D eigenvalue weighted by atomic mass is 16.5. The lowest BCUT2D eigenvalue weighted by atomic mass is 10.1. The van der Waals surface area contributed by atoms with E-state index < -0.39 is 0 Å². The fraction of sp³-hybridized carbons (Fsp3) is 0.357. The predicted octanol–water partition coefficient (Wildman–Crippen LogP) is 1.50. The van der Waals surface area contributed by atoms with Crippen LogP contribution in [0.25, 0.3) is 6.08 Å². The molecule has 1 atom stereocenters. The Balaban J connectivity index is 2.07. The van der Waals surface area contributed by atoms with Crippen molar-refractivity contribution in [2.24, 2.45) is 0 Å². The van der Waals surface area contributed by atoms with Gasteiger partial charge in [-0.25, -0.2) is 5.43 Å². The molecule has 1 saturated heterocycles. The fourth-order valence-electron chi connectivity index (χ4n) is 1.91. The molecule has 0 bridgehead atoms. The van der Waals surface area contributed by atoms with Gasteiger partial charge in [0.1, 0.15) is 11.5 Å². The van der Waals surface area contributed by atoms with Crippen LogP contribution in [0, 0.1) is 0 Å². The molecule has 2 N–H and O–H groups in total. The number of hydrogen-bond donors (Lipinski definition) is 2. The van der Waals surface area contributed by atoms with Crippen LogP contribution in [0.15, 0.2) is 24.3 Å². The van der Waals surface area contributed by atoms with Gasteiger partial charge in [-0.2, -0.15) is 0 Å². The number of hydrazine groups is 1. The Hall–Kier alpha value is -2.01. The van der Waals surface area contributed by atoms with Crippen molar-refractivity contribution in [2.45, 2.75) is 18.9 Å². The molecule has 19 heavy (non-hydrogen) atoms. The van der Waals surface area contributed by atoms with E-state index in [1.54, 1.807) is 14.2 Å². The van der Waals surface area contributed by atoms with Crippen molar-refractivity contribution in [2.75, 3.05) is 14.2 Å². The molecule has 102 valence electrons. The fourth-order valence-corrected chi connectivity index (χ4v) is 1.91. The Labute approximate surface area is 112 Å². The van der Waals surface area contributed by atoms with Gasteiger partial charge in [-0.15, -0.1) is 0 Å². The molecule has 0 aromatic heterocycles. The zero-order valence-corrected chi connectivity index (χ0v) is 11.1. The van der Waals surface area contributed by atoms with Crippen molar-refractivity contribution in [3.05, 3.63) is 29.8 Å². The zero-order chi connectivity index (χ0) is 13.7. The summed E-state index contributed by atoms with van der Waals surface area (Å²) in [6.07, 6.45) is 5.33. The summed E-state index contributed by atoms with van der Waals surface area (Å²) >= 11 is 0. The van der Waals surface area contributed by atoms with Crippen LogP contribution in [0.1, 0.15) is 18.4 Å². The van der Waals surface area contributed by atoms with Crippen LogP contribution in [0.2, 0.25) is 0 Å². The zero-order valence-electron chi connectivity index (χ0n) is 11.1. The van der Waals surface area contributed by atoms with Crippen molar-refractivity contribution in [1.82, 2.24) is 10.9 Å². The van der Waals surface area contributed by atoms with E-state index in [0.29, 0.717) is 6.42 Å². The maximum atomic E-state index is 11.0. The molecular formula is C14H18N2O3. The van der Waals surface area contributed by atoms with Gasteiger partial charge in [-0.3, -0.25) is 10.2 Å². The third-order valence-corrected chi connectivity index (χ3v) is 3.03. The molecule has 0 spiro atoms. The third kappa shape index (κ3) is 3.48. The van der Waals surface area contributed by atoms with Gasteiger partial charge in [0.15, 0.2) is 0 Å². The predicted molar refractivity (Wildman–Crippen MR) is 72.9 cm³/mol. The summed E-state index contributed by atoms with van der Waals surface area (Å²) in [4.78, 5) is 11.0. The van der Waals surface area contributed by atoms with Gasteiger partial charge in [-0.1, -0.05) is 12.2 Å². The van der Waals surface area contributed by atoms with Crippen LogP contribution in [0.3, 0.4) is 0 Å². The minimum Gasteiger partial charge on any atom is -0.497 e. The quantitative estimate of drug-likeness (QED) is 0.863. The first-order valence-corrected chi connectivity index (χ1v) is 6.17. The Morgan fingerprint density at radius 2 is 2.16 bits per heavy atom. The molecule has 1 aromatic carbocycles. The number of amides is 1. The average Bonchev–Trinajstić information content (AvgIpc) is 2.46. The van der Waals surface area contributed by atoms with Gasteiger partial charge in [0.25, 0.3) is 0 Å². The molecule has 1 aromatic rings. The van der Waals surface area contributed by atoms with Crippen molar-refractivity contribution < 1.29 is 14.3 Å². The molecule has 1 unspecified atom stereocenters. The smallest absolute Gasteiger partial charge is 0.234 e. The van der Waals surface area contributed by atoms with E-state index in [9.17, 15) is 4.79 Å². The molecule has 1 amide bonds. The number of benzene rings is 1. The van der Waals surface area contributed by atoms with Crippen molar-refractivity contribution in [1.29, 1.82) is 0 Å². The van der Waals surface area contributed by atoms with E-state index in [1.165, 1.54) is 0 Å². The minimum absolute atomic E-state index is 0.0340. The average molecular weight is 262 g/mol. The molecule has 2 rings (SSSR count). The van der Waals surface area contributed by atoms with Gasteiger partial charge in [0.05, 0.1) is 14.2 Å². The molecule has 0 saturated carbocycles. The van der Waals surface area contributed by atoms with Crippen LogP contribution in [0.4, 0.5) is 0 Å². The van der Waals surface area contributed by atoms with Crippen LogP contribution in [0.5, 0.6) is 11.5 Å². The Bertz CT molecular complexity index is 476. The monoisotopic (exact) mass is 262 g/mol. The van der Waals surface area contributed by atoms with Gasteiger partial charge in [0, 0.05) is 24.1 Å². The summed E-state index contributed by atoms with van der Waals surface area (Å²) in [6.45, 7) is 0. The Morgan fingerprint density at radius 3 is 2.79 bits per heavy atom. The first kappa shape index (κ1) is 13.4. The number of carbonyl (C=O) groups is 1. The SMILES string of the molecule is COc1ccc(/C=C/C2CCC(=O)NN2)c(OC)c1. The molecule has 0 radical (unpaired) electrons. The van der Waals surface area contributed by atoms with E-state index in [0.717, 1.165) is 23.5 Å². The van der Waals surface area contributed by atoms with Gasteiger partial charge in [-0.05, 0) is 18.6 Å². The standard InChI is InChI=1S/C14H18N2O3/c1-18-12-7-4-10(13(9-12)19-2)3-5-11-6-8-14(17)16-15-11/h3-5,7,9,11,15H,6,8H2,1-2H3,(H,16,17)/b5-3+. The first-order valence-electron chi connectivity index (χ1n) is 6.17. The third-order valence-electron chi connectivity index (χ3n) is 3.03. The largest absolute Gasteiger partial charge is 0.497 e. The van der Waals surface area contributed by atoms with Gasteiger partial charge >= 0.3 is 0 Å². The topological polar surface area (TPSA) is 59.6 Å². The molecule has 0 aliphatic carbocycles. The minimum atomic E-state index is 0.0340. The number of nitrogens with one attached hydrogen (secondary N) is 2. The van der Waals surface area contributed by atoms with E-state index in [-0.39, 0.29) is 11.9 Å². The molecule has 5 nitrogen and oxygen atoms in total. The van der Waals surface area contributed by atoms with E-state index in [2.05, 4.69) is 10.9 Å². The summed E-state index contributed by atoms with van der Waals surface area (Å²) < 4.78 is 10.5. The normalized spacial score (nSPS) is 19.3. The number of carbonyl (C=O) groups excluding carboxylic acids is 1. The number of methoxy groups -OCH3 is 2. The lowest BCUT2D eigenvalue weighted by Crippen LogP contribution is -2.48. The molecule has 1 aliphatic heterocycles. The second-order valence-electron chi connectivity index (χ2n) is 4.30.